The van der Waals surface area contributed by atoms with Crippen LogP contribution < -0.4 is 5.32 Å². The summed E-state index contributed by atoms with van der Waals surface area (Å²) in [6.07, 6.45) is 1.90. The summed E-state index contributed by atoms with van der Waals surface area (Å²) < 4.78 is 0.843. The average Bonchev–Trinajstić information content (AvgIpc) is 2.46. The maximum atomic E-state index is 12.3. The second-order valence-electron chi connectivity index (χ2n) is 5.38. The van der Waals surface area contributed by atoms with Crippen molar-refractivity contribution in [3.63, 3.8) is 0 Å². The summed E-state index contributed by atoms with van der Waals surface area (Å²) in [7, 11) is 0. The van der Waals surface area contributed by atoms with Gasteiger partial charge in [0.2, 0.25) is 0 Å². The first-order valence-corrected chi connectivity index (χ1v) is 7.96. The van der Waals surface area contributed by atoms with Gasteiger partial charge in [0.05, 0.1) is 5.56 Å². The third-order valence-corrected chi connectivity index (χ3v) is 4.11. The van der Waals surface area contributed by atoms with Gasteiger partial charge in [0.25, 0.3) is 5.91 Å². The molecule has 2 rings (SSSR count). The Morgan fingerprint density at radius 1 is 1.19 bits per heavy atom. The average molecular weight is 346 g/mol. The quantitative estimate of drug-likeness (QED) is 0.848. The van der Waals surface area contributed by atoms with Crippen molar-refractivity contribution in [2.45, 2.75) is 32.7 Å². The zero-order valence-electron chi connectivity index (χ0n) is 12.4. The van der Waals surface area contributed by atoms with Gasteiger partial charge in [0.1, 0.15) is 0 Å². The second kappa shape index (κ2) is 7.41. The third kappa shape index (κ3) is 4.71. The van der Waals surface area contributed by atoms with Gasteiger partial charge in [-0.2, -0.15) is 0 Å². The van der Waals surface area contributed by atoms with Crippen molar-refractivity contribution in [3.8, 4) is 0 Å². The van der Waals surface area contributed by atoms with Crippen molar-refractivity contribution < 1.29 is 4.79 Å². The highest BCUT2D eigenvalue weighted by Gasteiger charge is 2.12. The van der Waals surface area contributed by atoms with Gasteiger partial charge in [-0.15, -0.1) is 0 Å². The molecule has 2 aromatic rings. The number of carbonyl (C=O) groups excluding carboxylic acids is 1. The Balaban J connectivity index is 1.90. The van der Waals surface area contributed by atoms with Crippen LogP contribution in [0.25, 0.3) is 0 Å². The summed E-state index contributed by atoms with van der Waals surface area (Å²) in [6, 6.07) is 16.3. The van der Waals surface area contributed by atoms with E-state index in [1.54, 1.807) is 0 Å². The lowest BCUT2D eigenvalue weighted by molar-refractivity contribution is 0.0937. The highest BCUT2D eigenvalue weighted by molar-refractivity contribution is 9.10. The molecular weight excluding hydrogens is 326 g/mol. The lowest BCUT2D eigenvalue weighted by atomic mass is 10.1. The van der Waals surface area contributed by atoms with Crippen molar-refractivity contribution in [1.29, 1.82) is 0 Å². The Hall–Kier alpha value is -1.61. The summed E-state index contributed by atoms with van der Waals surface area (Å²) in [4.78, 5) is 12.3. The van der Waals surface area contributed by atoms with E-state index >= 15 is 0 Å². The molecule has 21 heavy (non-hydrogen) atoms. The van der Waals surface area contributed by atoms with E-state index in [-0.39, 0.29) is 11.9 Å². The molecule has 3 heteroatoms. The van der Waals surface area contributed by atoms with Crippen LogP contribution >= 0.6 is 15.9 Å². The van der Waals surface area contributed by atoms with Crippen LogP contribution in [0.4, 0.5) is 0 Å². The lowest BCUT2D eigenvalue weighted by Crippen LogP contribution is -2.33. The minimum Gasteiger partial charge on any atom is -0.350 e. The Morgan fingerprint density at radius 3 is 2.57 bits per heavy atom. The number of hydrogen-bond acceptors (Lipinski definition) is 1. The molecule has 1 atom stereocenters. The highest BCUT2D eigenvalue weighted by atomic mass is 79.9. The smallest absolute Gasteiger partial charge is 0.252 e. The van der Waals surface area contributed by atoms with Crippen LogP contribution in [0.3, 0.4) is 0 Å². The molecule has 0 bridgehead atoms. The fraction of sp³-hybridized carbons (Fsp3) is 0.278. The number of benzene rings is 2. The van der Waals surface area contributed by atoms with Gasteiger partial charge < -0.3 is 5.32 Å². The zero-order valence-corrected chi connectivity index (χ0v) is 14.0. The number of halogens is 1. The minimum atomic E-state index is -0.0255. The number of nitrogens with one attached hydrogen (secondary N) is 1. The standard InChI is InChI=1S/C18H20BrNO/c1-13-8-11-16(17(19)12-13)18(21)20-14(2)9-10-15-6-4-3-5-7-15/h3-8,11-12,14H,9-10H2,1-2H3,(H,20,21). The Bertz CT molecular complexity index is 610. The maximum absolute atomic E-state index is 12.3. The van der Waals surface area contributed by atoms with E-state index in [2.05, 4.69) is 33.4 Å². The Kier molecular flexibility index (Phi) is 5.57. The van der Waals surface area contributed by atoms with Gasteiger partial charge >= 0.3 is 0 Å². The molecule has 0 radical (unpaired) electrons. The zero-order chi connectivity index (χ0) is 15.2. The first kappa shape index (κ1) is 15.8. The first-order chi connectivity index (χ1) is 10.1. The van der Waals surface area contributed by atoms with Crippen LogP contribution in [-0.4, -0.2) is 11.9 Å². The fourth-order valence-electron chi connectivity index (χ4n) is 2.21. The van der Waals surface area contributed by atoms with Crippen LogP contribution in [-0.2, 0) is 6.42 Å². The van der Waals surface area contributed by atoms with Gasteiger partial charge in [-0.05, 0) is 65.9 Å². The number of hydrogen-bond donors (Lipinski definition) is 1. The van der Waals surface area contributed by atoms with Gasteiger partial charge in [-0.3, -0.25) is 4.79 Å². The van der Waals surface area contributed by atoms with E-state index in [9.17, 15) is 4.79 Å². The Labute approximate surface area is 134 Å². The molecule has 0 aromatic heterocycles. The van der Waals surface area contributed by atoms with Crippen LogP contribution in [0.2, 0.25) is 0 Å². The van der Waals surface area contributed by atoms with Crippen molar-refractivity contribution in [2.75, 3.05) is 0 Å². The number of rotatable bonds is 5. The van der Waals surface area contributed by atoms with Crippen molar-refractivity contribution in [3.05, 3.63) is 69.7 Å². The SMILES string of the molecule is Cc1ccc(C(=O)NC(C)CCc2ccccc2)c(Br)c1. The number of amides is 1. The van der Waals surface area contributed by atoms with Crippen LogP contribution in [0, 0.1) is 6.92 Å². The van der Waals surface area contributed by atoms with E-state index in [4.69, 9.17) is 0 Å². The largest absolute Gasteiger partial charge is 0.350 e. The molecule has 0 fully saturated rings. The molecule has 1 N–H and O–H groups in total. The number of carbonyl (C=O) groups is 1. The van der Waals surface area contributed by atoms with Crippen molar-refractivity contribution in [2.24, 2.45) is 0 Å². The molecule has 0 spiro atoms. The van der Waals surface area contributed by atoms with Crippen molar-refractivity contribution in [1.82, 2.24) is 5.32 Å². The van der Waals surface area contributed by atoms with E-state index in [0.29, 0.717) is 5.56 Å². The summed E-state index contributed by atoms with van der Waals surface area (Å²) in [5, 5.41) is 3.06. The summed E-state index contributed by atoms with van der Waals surface area (Å²) in [5.74, 6) is -0.0255. The van der Waals surface area contributed by atoms with Crippen LogP contribution in [0.15, 0.2) is 53.0 Å². The third-order valence-electron chi connectivity index (χ3n) is 3.46. The molecule has 0 aliphatic rings. The second-order valence-corrected chi connectivity index (χ2v) is 6.24. The Morgan fingerprint density at radius 2 is 1.90 bits per heavy atom. The van der Waals surface area contributed by atoms with Gasteiger partial charge in [0.15, 0.2) is 0 Å². The van der Waals surface area contributed by atoms with Crippen LogP contribution in [0.5, 0.6) is 0 Å². The molecule has 0 aliphatic carbocycles. The highest BCUT2D eigenvalue weighted by Crippen LogP contribution is 2.18. The van der Waals surface area contributed by atoms with E-state index in [1.165, 1.54) is 5.56 Å². The minimum absolute atomic E-state index is 0.0255. The van der Waals surface area contributed by atoms with Gasteiger partial charge in [0, 0.05) is 10.5 Å². The predicted octanol–water partition coefficient (Wildman–Crippen LogP) is 4.51. The topological polar surface area (TPSA) is 29.1 Å². The molecule has 0 saturated carbocycles. The molecule has 2 nitrogen and oxygen atoms in total. The van der Waals surface area contributed by atoms with E-state index in [1.807, 2.05) is 50.2 Å². The van der Waals surface area contributed by atoms with Gasteiger partial charge in [-0.1, -0.05) is 36.4 Å². The molecule has 2 aromatic carbocycles. The monoisotopic (exact) mass is 345 g/mol. The lowest BCUT2D eigenvalue weighted by Gasteiger charge is -2.15. The molecular formula is C18H20BrNO. The molecule has 0 saturated heterocycles. The summed E-state index contributed by atoms with van der Waals surface area (Å²) in [6.45, 7) is 4.05. The summed E-state index contributed by atoms with van der Waals surface area (Å²) >= 11 is 3.45. The molecule has 0 heterocycles. The molecule has 110 valence electrons. The number of aryl methyl sites for hydroxylation is 2. The summed E-state index contributed by atoms with van der Waals surface area (Å²) in [5.41, 5.74) is 3.12. The van der Waals surface area contributed by atoms with Gasteiger partial charge in [-0.25, -0.2) is 0 Å². The van der Waals surface area contributed by atoms with E-state index < -0.39 is 0 Å². The van der Waals surface area contributed by atoms with E-state index in [0.717, 1.165) is 22.9 Å². The molecule has 0 aliphatic heterocycles. The molecule has 1 amide bonds. The predicted molar refractivity (Wildman–Crippen MR) is 90.6 cm³/mol. The fourth-order valence-corrected chi connectivity index (χ4v) is 2.88. The molecule has 1 unspecified atom stereocenters. The normalized spacial score (nSPS) is 12.0. The van der Waals surface area contributed by atoms with Crippen LogP contribution in [0.1, 0.15) is 34.8 Å². The van der Waals surface area contributed by atoms with Crippen molar-refractivity contribution >= 4 is 21.8 Å². The first-order valence-electron chi connectivity index (χ1n) is 7.17. The maximum Gasteiger partial charge on any atom is 0.252 e.